The van der Waals surface area contributed by atoms with Crippen molar-refractivity contribution in [3.63, 3.8) is 0 Å². The van der Waals surface area contributed by atoms with Gasteiger partial charge in [-0.05, 0) is 0 Å². The van der Waals surface area contributed by atoms with E-state index in [9.17, 15) is 8.42 Å². The van der Waals surface area contributed by atoms with Crippen LogP contribution in [0.2, 0.25) is 0 Å². The quantitative estimate of drug-likeness (QED) is 0.784. The van der Waals surface area contributed by atoms with Gasteiger partial charge in [-0.25, -0.2) is 8.42 Å². The minimum atomic E-state index is -3.47. The number of nitrogens with one attached hydrogen (secondary N) is 2. The second-order valence-electron chi connectivity index (χ2n) is 3.30. The Bertz CT molecular complexity index is 531. The number of sulfonamides is 1. The fraction of sp³-hybridized carbons (Fsp3) is 0.250. The summed E-state index contributed by atoms with van der Waals surface area (Å²) in [5.41, 5.74) is 0.801. The smallest absolute Gasteiger partial charge is 0.246 e. The van der Waals surface area contributed by atoms with Gasteiger partial charge in [0.1, 0.15) is 4.90 Å². The number of nitrogens with zero attached hydrogens (tertiary/aromatic N) is 3. The van der Waals surface area contributed by atoms with Crippen LogP contribution in [-0.2, 0) is 16.6 Å². The molecule has 0 aliphatic rings. The first kappa shape index (κ1) is 10.8. The predicted molar refractivity (Wildman–Crippen MR) is 55.8 cm³/mol. The van der Waals surface area contributed by atoms with E-state index in [1.807, 2.05) is 0 Å². The summed E-state index contributed by atoms with van der Waals surface area (Å²) in [6.45, 7) is 0.268. The van der Waals surface area contributed by atoms with Crippen molar-refractivity contribution in [1.82, 2.24) is 24.7 Å². The van der Waals surface area contributed by atoms with Gasteiger partial charge in [0.15, 0.2) is 0 Å². The Balaban J connectivity index is 2.19. The van der Waals surface area contributed by atoms with Crippen molar-refractivity contribution >= 4 is 10.0 Å². The topological polar surface area (TPSA) is 94.7 Å². The van der Waals surface area contributed by atoms with E-state index >= 15 is 0 Å². The lowest BCUT2D eigenvalue weighted by atomic mass is 10.4. The molecule has 2 N–H and O–H groups in total. The molecule has 0 aliphatic heterocycles. The van der Waals surface area contributed by atoms with Gasteiger partial charge in [0.05, 0.1) is 12.4 Å². The van der Waals surface area contributed by atoms with E-state index in [0.717, 1.165) is 5.56 Å². The number of hydrogen-bond donors (Lipinski definition) is 2. The lowest BCUT2D eigenvalue weighted by Crippen LogP contribution is -2.26. The monoisotopic (exact) mass is 241 g/mol. The predicted octanol–water partition coefficient (Wildman–Crippen LogP) is -0.0465. The molecule has 0 aromatic carbocycles. The number of H-pyrrole nitrogens is 2. The average molecular weight is 241 g/mol. The molecule has 0 atom stereocenters. The van der Waals surface area contributed by atoms with E-state index in [2.05, 4.69) is 20.4 Å². The maximum atomic E-state index is 12.0. The van der Waals surface area contributed by atoms with Crippen molar-refractivity contribution < 1.29 is 8.42 Å². The highest BCUT2D eigenvalue weighted by Crippen LogP contribution is 2.14. The van der Waals surface area contributed by atoms with Crippen LogP contribution in [0.1, 0.15) is 5.56 Å². The standard InChI is InChI=1S/C8H11N5O2S/c1-13(6-7-2-9-10-3-7)16(14,15)8-4-11-12-5-8/h2-5H,6H2,1H3,(H,9,10)(H,11,12). The SMILES string of the molecule is CN(Cc1cn[nH]c1)S(=O)(=O)c1cn[nH]c1. The van der Waals surface area contributed by atoms with Crippen molar-refractivity contribution in [3.8, 4) is 0 Å². The Labute approximate surface area is 92.5 Å². The number of rotatable bonds is 4. The van der Waals surface area contributed by atoms with Gasteiger partial charge in [0.25, 0.3) is 0 Å². The van der Waals surface area contributed by atoms with Crippen molar-refractivity contribution in [1.29, 1.82) is 0 Å². The highest BCUT2D eigenvalue weighted by Gasteiger charge is 2.21. The van der Waals surface area contributed by atoms with E-state index in [1.165, 1.54) is 23.7 Å². The third kappa shape index (κ3) is 1.97. The van der Waals surface area contributed by atoms with Crippen LogP contribution in [0.5, 0.6) is 0 Å². The average Bonchev–Trinajstić information content (AvgIpc) is 2.89. The first-order valence-corrected chi connectivity index (χ1v) is 5.97. The molecule has 86 valence electrons. The highest BCUT2D eigenvalue weighted by molar-refractivity contribution is 7.89. The Morgan fingerprint density at radius 2 is 1.94 bits per heavy atom. The van der Waals surface area contributed by atoms with Crippen LogP contribution in [0.4, 0.5) is 0 Å². The molecular formula is C8H11N5O2S. The van der Waals surface area contributed by atoms with Gasteiger partial charge >= 0.3 is 0 Å². The molecule has 16 heavy (non-hydrogen) atoms. The summed E-state index contributed by atoms with van der Waals surface area (Å²) in [6, 6.07) is 0. The van der Waals surface area contributed by atoms with E-state index in [1.54, 1.807) is 12.4 Å². The third-order valence-corrected chi connectivity index (χ3v) is 3.91. The molecule has 8 heteroatoms. The zero-order valence-corrected chi connectivity index (χ0v) is 9.40. The summed E-state index contributed by atoms with van der Waals surface area (Å²) >= 11 is 0. The number of aromatic amines is 2. The minimum Gasteiger partial charge on any atom is -0.285 e. The molecule has 0 unspecified atom stereocenters. The molecule has 2 aromatic rings. The van der Waals surface area contributed by atoms with Gasteiger partial charge in [-0.3, -0.25) is 10.2 Å². The van der Waals surface area contributed by atoms with Crippen LogP contribution in [0.25, 0.3) is 0 Å². The normalized spacial score (nSPS) is 12.1. The summed E-state index contributed by atoms with van der Waals surface area (Å²) in [5.74, 6) is 0. The van der Waals surface area contributed by atoms with E-state index in [4.69, 9.17) is 0 Å². The van der Waals surface area contributed by atoms with Crippen LogP contribution in [-0.4, -0.2) is 40.2 Å². The molecule has 2 aromatic heterocycles. The largest absolute Gasteiger partial charge is 0.285 e. The van der Waals surface area contributed by atoms with Crippen molar-refractivity contribution in [2.24, 2.45) is 0 Å². The van der Waals surface area contributed by atoms with Gasteiger partial charge in [-0.15, -0.1) is 0 Å². The maximum absolute atomic E-state index is 12.0. The zero-order valence-electron chi connectivity index (χ0n) is 8.58. The second-order valence-corrected chi connectivity index (χ2v) is 5.35. The van der Waals surface area contributed by atoms with Gasteiger partial charge in [0, 0.05) is 31.5 Å². The molecule has 0 saturated heterocycles. The van der Waals surface area contributed by atoms with Gasteiger partial charge in [-0.1, -0.05) is 0 Å². The minimum absolute atomic E-state index is 0.151. The van der Waals surface area contributed by atoms with Crippen molar-refractivity contribution in [2.45, 2.75) is 11.4 Å². The van der Waals surface area contributed by atoms with Gasteiger partial charge in [0.2, 0.25) is 10.0 Å². The Hall–Kier alpha value is -1.67. The zero-order chi connectivity index (χ0) is 11.6. The van der Waals surface area contributed by atoms with Gasteiger partial charge < -0.3 is 0 Å². The number of aromatic nitrogens is 4. The maximum Gasteiger partial charge on any atom is 0.246 e. The molecule has 0 saturated carbocycles. The van der Waals surface area contributed by atoms with Crippen molar-refractivity contribution in [3.05, 3.63) is 30.4 Å². The molecule has 2 heterocycles. The lowest BCUT2D eigenvalue weighted by molar-refractivity contribution is 0.467. The fourth-order valence-electron chi connectivity index (χ4n) is 1.27. The summed E-state index contributed by atoms with van der Waals surface area (Å²) < 4.78 is 25.1. The Morgan fingerprint density at radius 3 is 2.50 bits per heavy atom. The molecule has 2 rings (SSSR count). The van der Waals surface area contributed by atoms with Crippen LogP contribution in [0, 0.1) is 0 Å². The van der Waals surface area contributed by atoms with Crippen molar-refractivity contribution in [2.75, 3.05) is 7.05 Å². The third-order valence-electron chi connectivity index (χ3n) is 2.14. The first-order valence-electron chi connectivity index (χ1n) is 4.53. The van der Waals surface area contributed by atoms with Gasteiger partial charge in [-0.2, -0.15) is 14.5 Å². The second kappa shape index (κ2) is 4.06. The summed E-state index contributed by atoms with van der Waals surface area (Å²) in [4.78, 5) is 0.151. The summed E-state index contributed by atoms with van der Waals surface area (Å²) in [5, 5.41) is 12.5. The summed E-state index contributed by atoms with van der Waals surface area (Å²) in [7, 11) is -1.96. The van der Waals surface area contributed by atoms with E-state index < -0.39 is 10.0 Å². The van der Waals surface area contributed by atoms with Crippen LogP contribution in [0.15, 0.2) is 29.7 Å². The van der Waals surface area contributed by atoms with E-state index in [-0.39, 0.29) is 11.4 Å². The molecule has 0 spiro atoms. The molecule has 0 amide bonds. The molecule has 0 radical (unpaired) electrons. The van der Waals surface area contributed by atoms with Crippen LogP contribution < -0.4 is 0 Å². The van der Waals surface area contributed by atoms with Crippen LogP contribution >= 0.6 is 0 Å². The Kier molecular flexibility index (Phi) is 2.75. The Morgan fingerprint density at radius 1 is 1.25 bits per heavy atom. The van der Waals surface area contributed by atoms with Crippen LogP contribution in [0.3, 0.4) is 0 Å². The molecule has 0 bridgehead atoms. The first-order chi connectivity index (χ1) is 7.60. The number of hydrogen-bond acceptors (Lipinski definition) is 4. The molecular weight excluding hydrogens is 230 g/mol. The molecule has 0 aliphatic carbocycles. The lowest BCUT2D eigenvalue weighted by Gasteiger charge is -2.14. The van der Waals surface area contributed by atoms with E-state index in [0.29, 0.717) is 0 Å². The molecule has 7 nitrogen and oxygen atoms in total. The fourth-order valence-corrected chi connectivity index (χ4v) is 2.33. The highest BCUT2D eigenvalue weighted by atomic mass is 32.2. The molecule has 0 fully saturated rings. The summed E-state index contributed by atoms with van der Waals surface area (Å²) in [6.07, 6.45) is 5.87.